The highest BCUT2D eigenvalue weighted by Gasteiger charge is 2.38. The molecule has 144 valence electrons. The van der Waals surface area contributed by atoms with Crippen molar-refractivity contribution in [2.24, 2.45) is 7.05 Å². The van der Waals surface area contributed by atoms with Crippen LogP contribution in [0, 0.1) is 0 Å². The van der Waals surface area contributed by atoms with Crippen LogP contribution in [0.2, 0.25) is 0 Å². The number of benzene rings is 1. The number of H-pyrrole nitrogens is 1. The van der Waals surface area contributed by atoms with Crippen molar-refractivity contribution in [1.29, 1.82) is 0 Å². The van der Waals surface area contributed by atoms with E-state index in [1.54, 1.807) is 24.0 Å². The van der Waals surface area contributed by atoms with E-state index in [9.17, 15) is 14.4 Å². The molecule has 1 aliphatic heterocycles. The summed E-state index contributed by atoms with van der Waals surface area (Å²) in [7, 11) is 1.74. The number of para-hydroxylation sites is 1. The fraction of sp³-hybridized carbons (Fsp3) is 0.263. The van der Waals surface area contributed by atoms with E-state index in [0.717, 1.165) is 16.5 Å². The number of carbonyl (C=O) groups is 3. The van der Waals surface area contributed by atoms with Gasteiger partial charge in [-0.15, -0.1) is 0 Å². The van der Waals surface area contributed by atoms with Gasteiger partial charge < -0.3 is 15.6 Å². The molecule has 28 heavy (non-hydrogen) atoms. The van der Waals surface area contributed by atoms with Crippen molar-refractivity contribution < 1.29 is 14.4 Å². The monoisotopic (exact) mass is 380 g/mol. The minimum Gasteiger partial charge on any atom is -0.361 e. The number of aryl methyl sites for hydroxylation is 1. The highest BCUT2D eigenvalue weighted by atomic mass is 16.2. The van der Waals surface area contributed by atoms with E-state index in [2.05, 4.69) is 20.7 Å². The lowest BCUT2D eigenvalue weighted by Gasteiger charge is -2.12. The molecular formula is C19H20N6O3. The number of hydrogen-bond donors (Lipinski definition) is 3. The number of nitrogens with zero attached hydrogens (tertiary/aromatic N) is 3. The van der Waals surface area contributed by atoms with Crippen LogP contribution in [0.1, 0.15) is 12.0 Å². The third-order valence-corrected chi connectivity index (χ3v) is 4.76. The lowest BCUT2D eigenvalue weighted by Crippen LogP contribution is -2.35. The molecule has 1 atom stereocenters. The highest BCUT2D eigenvalue weighted by Crippen LogP contribution is 2.19. The molecule has 1 aromatic carbocycles. The molecule has 9 heteroatoms. The molecule has 3 heterocycles. The summed E-state index contributed by atoms with van der Waals surface area (Å²) < 4.78 is 1.56. The Kier molecular flexibility index (Phi) is 4.56. The van der Waals surface area contributed by atoms with E-state index in [0.29, 0.717) is 12.2 Å². The SMILES string of the molecule is Cn1ccc(NC(=O)C[C@@H]2NC(=O)N(CCc3c[nH]c4ccccc34)C2=O)n1. The molecule has 0 unspecified atom stereocenters. The summed E-state index contributed by atoms with van der Waals surface area (Å²) in [5, 5.41) is 10.3. The Balaban J connectivity index is 1.36. The summed E-state index contributed by atoms with van der Waals surface area (Å²) in [6.07, 6.45) is 3.99. The lowest BCUT2D eigenvalue weighted by molar-refractivity contribution is -0.129. The largest absolute Gasteiger partial charge is 0.361 e. The molecule has 9 nitrogen and oxygen atoms in total. The van der Waals surface area contributed by atoms with Crippen LogP contribution in [-0.2, 0) is 23.1 Å². The second-order valence-electron chi connectivity index (χ2n) is 6.73. The Bertz CT molecular complexity index is 1050. The van der Waals surface area contributed by atoms with Gasteiger partial charge in [0.2, 0.25) is 5.91 Å². The van der Waals surface area contributed by atoms with E-state index in [1.165, 1.54) is 4.90 Å². The summed E-state index contributed by atoms with van der Waals surface area (Å²) in [5.41, 5.74) is 2.05. The summed E-state index contributed by atoms with van der Waals surface area (Å²) in [5.74, 6) is -0.364. The predicted molar refractivity (Wildman–Crippen MR) is 102 cm³/mol. The average Bonchev–Trinajstić information content (AvgIpc) is 3.33. The molecule has 1 aliphatic rings. The van der Waals surface area contributed by atoms with Gasteiger partial charge in [0.1, 0.15) is 6.04 Å². The van der Waals surface area contributed by atoms with Crippen LogP contribution in [0.3, 0.4) is 0 Å². The van der Waals surface area contributed by atoms with Crippen LogP contribution in [0.25, 0.3) is 10.9 Å². The zero-order valence-electron chi connectivity index (χ0n) is 15.3. The average molecular weight is 380 g/mol. The number of aromatic nitrogens is 3. The Morgan fingerprint density at radius 3 is 2.86 bits per heavy atom. The Morgan fingerprint density at radius 1 is 1.25 bits per heavy atom. The molecule has 1 saturated heterocycles. The van der Waals surface area contributed by atoms with Gasteiger partial charge in [-0.05, 0) is 18.1 Å². The number of amides is 4. The molecule has 2 aromatic heterocycles. The molecule has 0 aliphatic carbocycles. The quantitative estimate of drug-likeness (QED) is 0.561. The van der Waals surface area contributed by atoms with Gasteiger partial charge in [0, 0.05) is 43.0 Å². The van der Waals surface area contributed by atoms with E-state index in [4.69, 9.17) is 0 Å². The topological polar surface area (TPSA) is 112 Å². The smallest absolute Gasteiger partial charge is 0.324 e. The molecule has 0 spiro atoms. The van der Waals surface area contributed by atoms with Gasteiger partial charge in [-0.1, -0.05) is 18.2 Å². The number of anilines is 1. The predicted octanol–water partition coefficient (Wildman–Crippen LogP) is 1.39. The number of imide groups is 1. The Labute approximate surface area is 160 Å². The minimum absolute atomic E-state index is 0.134. The molecule has 1 fully saturated rings. The number of fused-ring (bicyclic) bond motifs is 1. The minimum atomic E-state index is -0.862. The zero-order chi connectivity index (χ0) is 19.7. The van der Waals surface area contributed by atoms with E-state index < -0.39 is 12.1 Å². The third kappa shape index (κ3) is 3.46. The molecule has 0 saturated carbocycles. The van der Waals surface area contributed by atoms with Gasteiger partial charge in [-0.2, -0.15) is 5.10 Å². The first-order chi connectivity index (χ1) is 13.5. The van der Waals surface area contributed by atoms with Crippen LogP contribution in [0.5, 0.6) is 0 Å². The van der Waals surface area contributed by atoms with E-state index in [-0.39, 0.29) is 24.8 Å². The fourth-order valence-electron chi connectivity index (χ4n) is 3.36. The standard InChI is InChI=1S/C19H20N6O3/c1-24-8-7-16(23-24)22-17(26)10-15-18(27)25(19(28)21-15)9-6-12-11-20-14-5-3-2-4-13(12)14/h2-5,7-8,11,15,20H,6,9-10H2,1H3,(H,21,28)(H,22,23,26)/t15-/m0/s1. The summed E-state index contributed by atoms with van der Waals surface area (Å²) in [6.45, 7) is 0.255. The van der Waals surface area contributed by atoms with E-state index >= 15 is 0 Å². The number of rotatable bonds is 6. The summed E-state index contributed by atoms with van der Waals surface area (Å²) in [4.78, 5) is 41.3. The first-order valence-electron chi connectivity index (χ1n) is 8.97. The second-order valence-corrected chi connectivity index (χ2v) is 6.73. The molecule has 0 bridgehead atoms. The highest BCUT2D eigenvalue weighted by molar-refractivity contribution is 6.06. The summed E-state index contributed by atoms with van der Waals surface area (Å²) >= 11 is 0. The molecule has 4 rings (SSSR count). The number of nitrogens with one attached hydrogen (secondary N) is 3. The van der Waals surface area contributed by atoms with Crippen LogP contribution in [0.4, 0.5) is 10.6 Å². The van der Waals surface area contributed by atoms with Crippen molar-refractivity contribution in [2.75, 3.05) is 11.9 Å². The molecule has 0 radical (unpaired) electrons. The van der Waals surface area contributed by atoms with Gasteiger partial charge in [-0.3, -0.25) is 19.2 Å². The molecular weight excluding hydrogens is 360 g/mol. The number of urea groups is 1. The van der Waals surface area contributed by atoms with Gasteiger partial charge in [0.15, 0.2) is 5.82 Å². The molecule has 4 amide bonds. The van der Waals surface area contributed by atoms with Gasteiger partial charge in [-0.25, -0.2) is 4.79 Å². The maximum absolute atomic E-state index is 12.6. The third-order valence-electron chi connectivity index (χ3n) is 4.76. The number of carbonyl (C=O) groups excluding carboxylic acids is 3. The number of aromatic amines is 1. The lowest BCUT2D eigenvalue weighted by atomic mass is 10.1. The maximum atomic E-state index is 12.6. The second kappa shape index (κ2) is 7.18. The van der Waals surface area contributed by atoms with Crippen molar-refractivity contribution >= 4 is 34.6 Å². The fourth-order valence-corrected chi connectivity index (χ4v) is 3.36. The maximum Gasteiger partial charge on any atom is 0.324 e. The van der Waals surface area contributed by atoms with Crippen LogP contribution in [0.15, 0.2) is 42.7 Å². The van der Waals surface area contributed by atoms with Crippen molar-refractivity contribution in [3.8, 4) is 0 Å². The zero-order valence-corrected chi connectivity index (χ0v) is 15.3. The van der Waals surface area contributed by atoms with Crippen molar-refractivity contribution in [1.82, 2.24) is 25.0 Å². The first kappa shape index (κ1) is 17.8. The number of hydrogen-bond acceptors (Lipinski definition) is 4. The van der Waals surface area contributed by atoms with Crippen molar-refractivity contribution in [3.05, 3.63) is 48.3 Å². The summed E-state index contributed by atoms with van der Waals surface area (Å²) in [6, 6.07) is 8.19. The first-order valence-corrected chi connectivity index (χ1v) is 8.97. The van der Waals surface area contributed by atoms with Crippen LogP contribution in [-0.4, -0.2) is 50.1 Å². The van der Waals surface area contributed by atoms with Gasteiger partial charge in [0.05, 0.1) is 6.42 Å². The Morgan fingerprint density at radius 2 is 2.07 bits per heavy atom. The Hall–Kier alpha value is -3.62. The van der Waals surface area contributed by atoms with Crippen molar-refractivity contribution in [3.63, 3.8) is 0 Å². The van der Waals surface area contributed by atoms with Crippen LogP contribution < -0.4 is 10.6 Å². The van der Waals surface area contributed by atoms with E-state index in [1.807, 2.05) is 30.5 Å². The van der Waals surface area contributed by atoms with Crippen LogP contribution >= 0.6 is 0 Å². The molecule has 3 aromatic rings. The van der Waals surface area contributed by atoms with Gasteiger partial charge >= 0.3 is 6.03 Å². The van der Waals surface area contributed by atoms with Crippen molar-refractivity contribution in [2.45, 2.75) is 18.9 Å². The van der Waals surface area contributed by atoms with Gasteiger partial charge in [0.25, 0.3) is 5.91 Å². The normalized spacial score (nSPS) is 16.6. The molecule has 3 N–H and O–H groups in total.